The van der Waals surface area contributed by atoms with E-state index in [0.717, 1.165) is 26.2 Å². The van der Waals surface area contributed by atoms with Crippen LogP contribution in [-0.2, 0) is 9.59 Å². The minimum Gasteiger partial charge on any atom is -0.485 e. The van der Waals surface area contributed by atoms with Gasteiger partial charge < -0.3 is 24.6 Å². The summed E-state index contributed by atoms with van der Waals surface area (Å²) >= 11 is 0. The number of carbonyl (C=O) groups is 2. The summed E-state index contributed by atoms with van der Waals surface area (Å²) in [5, 5.41) is 3.29. The van der Waals surface area contributed by atoms with Crippen molar-refractivity contribution in [1.29, 1.82) is 0 Å². The second-order valence-electron chi connectivity index (χ2n) is 7.10. The Hall–Kier alpha value is -1.74. The first-order valence-corrected chi connectivity index (χ1v) is 9.59. The van der Waals surface area contributed by atoms with Crippen molar-refractivity contribution in [3.05, 3.63) is 24.3 Å². The highest BCUT2D eigenvalue weighted by molar-refractivity contribution is 5.85. The highest BCUT2D eigenvalue weighted by atomic mass is 35.5. The van der Waals surface area contributed by atoms with E-state index in [1.54, 1.807) is 4.90 Å². The first-order valence-electron chi connectivity index (χ1n) is 9.59. The smallest absolute Gasteiger partial charge is 0.267 e. The fraction of sp³-hybridized carbons (Fsp3) is 0.579. The molecule has 1 unspecified atom stereocenters. The van der Waals surface area contributed by atoms with E-state index >= 15 is 0 Å². The highest BCUT2D eigenvalue weighted by Gasteiger charge is 2.33. The lowest BCUT2D eigenvalue weighted by atomic mass is 10.2. The van der Waals surface area contributed by atoms with Gasteiger partial charge in [0.05, 0.1) is 6.54 Å². The molecular formula is C19H28Cl2N4O4. The molecule has 0 aliphatic carbocycles. The normalized spacial score (nSPS) is 21.6. The third-order valence-electron chi connectivity index (χ3n) is 5.30. The zero-order chi connectivity index (χ0) is 18.6. The summed E-state index contributed by atoms with van der Waals surface area (Å²) in [7, 11) is 0. The summed E-state index contributed by atoms with van der Waals surface area (Å²) in [5.74, 6) is 1.35. The van der Waals surface area contributed by atoms with Crippen LogP contribution in [0.2, 0.25) is 0 Å². The molecule has 29 heavy (non-hydrogen) atoms. The maximum absolute atomic E-state index is 12.8. The Balaban J connectivity index is 0.00000150. The molecule has 3 aliphatic rings. The quantitative estimate of drug-likeness (QED) is 0.716. The van der Waals surface area contributed by atoms with Gasteiger partial charge in [0, 0.05) is 52.4 Å². The van der Waals surface area contributed by atoms with E-state index in [4.69, 9.17) is 9.47 Å². The monoisotopic (exact) mass is 446 g/mol. The lowest BCUT2D eigenvalue weighted by molar-refractivity contribution is -0.146. The number of fused-ring (bicyclic) bond motifs is 1. The molecule has 4 rings (SSSR count). The van der Waals surface area contributed by atoms with Crippen molar-refractivity contribution in [2.24, 2.45) is 0 Å². The topological polar surface area (TPSA) is 74.4 Å². The van der Waals surface area contributed by atoms with E-state index in [1.807, 2.05) is 29.2 Å². The SMILES string of the molecule is Cl.Cl.O=C(CN1CCNCC1)N1CCN(C(=O)C2COc3ccccc3O2)CC1. The van der Waals surface area contributed by atoms with E-state index < -0.39 is 6.10 Å². The minimum atomic E-state index is -0.622. The first kappa shape index (κ1) is 23.5. The van der Waals surface area contributed by atoms with Crippen LogP contribution in [0.1, 0.15) is 0 Å². The summed E-state index contributed by atoms with van der Waals surface area (Å²) in [6.07, 6.45) is -0.622. The molecule has 3 heterocycles. The molecule has 1 aromatic rings. The van der Waals surface area contributed by atoms with Crippen LogP contribution in [0.25, 0.3) is 0 Å². The molecule has 0 spiro atoms. The van der Waals surface area contributed by atoms with E-state index in [0.29, 0.717) is 44.2 Å². The molecule has 10 heteroatoms. The van der Waals surface area contributed by atoms with E-state index in [1.165, 1.54) is 0 Å². The van der Waals surface area contributed by atoms with Gasteiger partial charge in [-0.25, -0.2) is 0 Å². The Kier molecular flexibility index (Phi) is 8.82. The molecule has 1 N–H and O–H groups in total. The Morgan fingerprint density at radius 2 is 1.55 bits per heavy atom. The number of carbonyl (C=O) groups excluding carboxylic acids is 2. The van der Waals surface area contributed by atoms with Gasteiger partial charge in [0.1, 0.15) is 6.61 Å². The Morgan fingerprint density at radius 1 is 0.931 bits per heavy atom. The molecule has 2 saturated heterocycles. The fourth-order valence-electron chi connectivity index (χ4n) is 3.68. The van der Waals surface area contributed by atoms with E-state index in [9.17, 15) is 9.59 Å². The lowest BCUT2D eigenvalue weighted by Gasteiger charge is -2.38. The summed E-state index contributed by atoms with van der Waals surface area (Å²) in [5.41, 5.74) is 0. The highest BCUT2D eigenvalue weighted by Crippen LogP contribution is 2.31. The minimum absolute atomic E-state index is 0. The Bertz CT molecular complexity index is 695. The summed E-state index contributed by atoms with van der Waals surface area (Å²) in [6, 6.07) is 7.37. The standard InChI is InChI=1S/C19H26N4O4.2ClH/c24-18(13-21-7-5-20-6-8-21)22-9-11-23(12-10-22)19(25)17-14-26-15-3-1-2-4-16(15)27-17;;/h1-4,17,20H,5-14H2;2*1H. The molecular weight excluding hydrogens is 419 g/mol. The molecule has 2 amide bonds. The predicted molar refractivity (Wildman–Crippen MR) is 113 cm³/mol. The van der Waals surface area contributed by atoms with Crippen LogP contribution in [0.15, 0.2) is 24.3 Å². The second kappa shape index (κ2) is 10.9. The zero-order valence-corrected chi connectivity index (χ0v) is 17.9. The molecule has 3 aliphatic heterocycles. The average Bonchev–Trinajstić information content (AvgIpc) is 2.73. The third-order valence-corrected chi connectivity index (χ3v) is 5.30. The van der Waals surface area contributed by atoms with Crippen molar-refractivity contribution < 1.29 is 19.1 Å². The molecule has 1 atom stereocenters. The van der Waals surface area contributed by atoms with Gasteiger partial charge in [0.15, 0.2) is 11.5 Å². The number of para-hydroxylation sites is 2. The first-order chi connectivity index (χ1) is 13.2. The van der Waals surface area contributed by atoms with Crippen molar-refractivity contribution >= 4 is 36.6 Å². The molecule has 0 radical (unpaired) electrons. The number of halogens is 2. The maximum atomic E-state index is 12.8. The van der Waals surface area contributed by atoms with Gasteiger partial charge in [0.25, 0.3) is 5.91 Å². The van der Waals surface area contributed by atoms with Crippen molar-refractivity contribution in [3.8, 4) is 11.5 Å². The molecule has 1 aromatic carbocycles. The average molecular weight is 447 g/mol. The van der Waals surface area contributed by atoms with E-state index in [-0.39, 0.29) is 43.2 Å². The number of hydrogen-bond donors (Lipinski definition) is 1. The van der Waals surface area contributed by atoms with Crippen molar-refractivity contribution in [3.63, 3.8) is 0 Å². The number of nitrogens with one attached hydrogen (secondary N) is 1. The van der Waals surface area contributed by atoms with Crippen molar-refractivity contribution in [2.45, 2.75) is 6.10 Å². The van der Waals surface area contributed by atoms with Crippen LogP contribution in [0, 0.1) is 0 Å². The van der Waals surface area contributed by atoms with Crippen LogP contribution >= 0.6 is 24.8 Å². The van der Waals surface area contributed by atoms with Gasteiger partial charge in [-0.3, -0.25) is 14.5 Å². The number of ether oxygens (including phenoxy) is 2. The Morgan fingerprint density at radius 3 is 2.24 bits per heavy atom. The van der Waals surface area contributed by atoms with Gasteiger partial charge in [-0.15, -0.1) is 24.8 Å². The summed E-state index contributed by atoms with van der Waals surface area (Å²) in [6.45, 7) is 6.58. The second-order valence-corrected chi connectivity index (χ2v) is 7.10. The number of piperazine rings is 2. The number of rotatable bonds is 3. The molecule has 0 bridgehead atoms. The lowest BCUT2D eigenvalue weighted by Crippen LogP contribution is -2.56. The van der Waals surface area contributed by atoms with Gasteiger partial charge in [-0.05, 0) is 12.1 Å². The largest absolute Gasteiger partial charge is 0.485 e. The molecule has 8 nitrogen and oxygen atoms in total. The van der Waals surface area contributed by atoms with Crippen LogP contribution in [0.4, 0.5) is 0 Å². The predicted octanol–water partition coefficient (Wildman–Crippen LogP) is 0.246. The third kappa shape index (κ3) is 5.66. The summed E-state index contributed by atoms with van der Waals surface area (Å²) in [4.78, 5) is 31.1. The van der Waals surface area contributed by atoms with Gasteiger partial charge in [0.2, 0.25) is 12.0 Å². The summed E-state index contributed by atoms with van der Waals surface area (Å²) < 4.78 is 11.5. The van der Waals surface area contributed by atoms with Crippen molar-refractivity contribution in [2.75, 3.05) is 65.5 Å². The van der Waals surface area contributed by atoms with Crippen LogP contribution in [-0.4, -0.2) is 98.1 Å². The fourth-order valence-corrected chi connectivity index (χ4v) is 3.68. The van der Waals surface area contributed by atoms with Crippen LogP contribution < -0.4 is 14.8 Å². The van der Waals surface area contributed by atoms with Crippen LogP contribution in [0.5, 0.6) is 11.5 Å². The van der Waals surface area contributed by atoms with Gasteiger partial charge in [-0.1, -0.05) is 12.1 Å². The van der Waals surface area contributed by atoms with Gasteiger partial charge in [-0.2, -0.15) is 0 Å². The molecule has 162 valence electrons. The number of nitrogens with zero attached hydrogens (tertiary/aromatic N) is 3. The number of hydrogen-bond acceptors (Lipinski definition) is 6. The molecule has 0 saturated carbocycles. The maximum Gasteiger partial charge on any atom is 0.267 e. The van der Waals surface area contributed by atoms with Crippen LogP contribution in [0.3, 0.4) is 0 Å². The molecule has 0 aromatic heterocycles. The van der Waals surface area contributed by atoms with Gasteiger partial charge >= 0.3 is 0 Å². The van der Waals surface area contributed by atoms with Crippen molar-refractivity contribution in [1.82, 2.24) is 20.0 Å². The molecule has 2 fully saturated rings. The number of benzene rings is 1. The Labute approximate surface area is 183 Å². The zero-order valence-electron chi connectivity index (χ0n) is 16.2. The number of amides is 2. The van der Waals surface area contributed by atoms with E-state index in [2.05, 4.69) is 10.2 Å².